The molecule has 0 bridgehead atoms. The van der Waals surface area contributed by atoms with E-state index in [9.17, 15) is 9.18 Å². The summed E-state index contributed by atoms with van der Waals surface area (Å²) in [6.07, 6.45) is 0.876. The second kappa shape index (κ2) is 6.18. The highest BCUT2D eigenvalue weighted by Crippen LogP contribution is 2.29. The van der Waals surface area contributed by atoms with Gasteiger partial charge in [0.1, 0.15) is 11.6 Å². The fourth-order valence-electron chi connectivity index (χ4n) is 2.73. The summed E-state index contributed by atoms with van der Waals surface area (Å²) in [7, 11) is 0. The molecule has 2 aromatic carbocycles. The van der Waals surface area contributed by atoms with Gasteiger partial charge >= 0.3 is 0 Å². The maximum Gasteiger partial charge on any atom is 0.268 e. The molecule has 0 spiro atoms. The van der Waals surface area contributed by atoms with Crippen LogP contribution in [0.5, 0.6) is 5.75 Å². The fourth-order valence-corrected chi connectivity index (χ4v) is 2.73. The standard InChI is InChI=1S/C18H18FNO2/c1-2-17(22-15-9-7-14(19)8-10-15)18(21)20-12-11-13-5-3-4-6-16(13)20/h3-10,17H,2,11-12H2,1H3. The molecule has 114 valence electrons. The van der Waals surface area contributed by atoms with Gasteiger partial charge < -0.3 is 9.64 Å². The van der Waals surface area contributed by atoms with Crippen LogP contribution in [-0.4, -0.2) is 18.6 Å². The minimum Gasteiger partial charge on any atom is -0.481 e. The molecule has 1 heterocycles. The molecule has 0 aromatic heterocycles. The van der Waals surface area contributed by atoms with Gasteiger partial charge in [-0.1, -0.05) is 25.1 Å². The van der Waals surface area contributed by atoms with Gasteiger partial charge in [-0.05, 0) is 48.7 Å². The van der Waals surface area contributed by atoms with Crippen LogP contribution >= 0.6 is 0 Å². The normalized spacial score (nSPS) is 14.5. The summed E-state index contributed by atoms with van der Waals surface area (Å²) in [5.74, 6) is 0.144. The molecular weight excluding hydrogens is 281 g/mol. The van der Waals surface area contributed by atoms with Crippen molar-refractivity contribution in [3.8, 4) is 5.75 Å². The zero-order chi connectivity index (χ0) is 15.5. The quantitative estimate of drug-likeness (QED) is 0.863. The Hall–Kier alpha value is -2.36. The number of rotatable bonds is 4. The Morgan fingerprint density at radius 2 is 1.95 bits per heavy atom. The van der Waals surface area contributed by atoms with Crippen LogP contribution in [0.4, 0.5) is 10.1 Å². The van der Waals surface area contributed by atoms with E-state index in [1.807, 2.05) is 31.2 Å². The summed E-state index contributed by atoms with van der Waals surface area (Å²) in [6.45, 7) is 2.59. The zero-order valence-corrected chi connectivity index (χ0v) is 12.5. The molecule has 0 radical (unpaired) electrons. The largest absolute Gasteiger partial charge is 0.481 e. The Morgan fingerprint density at radius 3 is 2.68 bits per heavy atom. The summed E-state index contributed by atoms with van der Waals surface area (Å²) >= 11 is 0. The number of amides is 1. The molecule has 0 aliphatic carbocycles. The third-order valence-electron chi connectivity index (χ3n) is 3.89. The number of carbonyl (C=O) groups is 1. The second-order valence-electron chi connectivity index (χ2n) is 5.34. The van der Waals surface area contributed by atoms with Crippen LogP contribution in [-0.2, 0) is 11.2 Å². The lowest BCUT2D eigenvalue weighted by Crippen LogP contribution is -2.41. The zero-order valence-electron chi connectivity index (χ0n) is 12.5. The van der Waals surface area contributed by atoms with Gasteiger partial charge in [-0.15, -0.1) is 0 Å². The van der Waals surface area contributed by atoms with Gasteiger partial charge in [0.25, 0.3) is 5.91 Å². The van der Waals surface area contributed by atoms with E-state index in [-0.39, 0.29) is 11.7 Å². The third-order valence-corrected chi connectivity index (χ3v) is 3.89. The van der Waals surface area contributed by atoms with Gasteiger partial charge in [0.15, 0.2) is 6.10 Å². The van der Waals surface area contributed by atoms with Crippen molar-refractivity contribution in [1.82, 2.24) is 0 Å². The Kier molecular flexibility index (Phi) is 4.09. The fraction of sp³-hybridized carbons (Fsp3) is 0.278. The Bertz CT molecular complexity index is 669. The van der Waals surface area contributed by atoms with Crippen LogP contribution in [0.3, 0.4) is 0 Å². The average Bonchev–Trinajstić information content (AvgIpc) is 2.98. The smallest absolute Gasteiger partial charge is 0.268 e. The average molecular weight is 299 g/mol. The number of fused-ring (bicyclic) bond motifs is 1. The molecular formula is C18H18FNO2. The number of anilines is 1. The Labute approximate surface area is 129 Å². The molecule has 3 rings (SSSR count). The number of nitrogens with zero attached hydrogens (tertiary/aromatic N) is 1. The molecule has 1 atom stereocenters. The van der Waals surface area contributed by atoms with E-state index in [4.69, 9.17) is 4.74 Å². The summed E-state index contributed by atoms with van der Waals surface area (Å²) in [4.78, 5) is 14.5. The minimum absolute atomic E-state index is 0.0447. The number of benzene rings is 2. The SMILES string of the molecule is CCC(Oc1ccc(F)cc1)C(=O)N1CCc2ccccc21. The van der Waals surface area contributed by atoms with Crippen molar-refractivity contribution >= 4 is 11.6 Å². The maximum absolute atomic E-state index is 12.9. The number of hydrogen-bond acceptors (Lipinski definition) is 2. The summed E-state index contributed by atoms with van der Waals surface area (Å²) in [5, 5.41) is 0. The highest BCUT2D eigenvalue weighted by atomic mass is 19.1. The van der Waals surface area contributed by atoms with Crippen LogP contribution in [0, 0.1) is 5.82 Å². The van der Waals surface area contributed by atoms with Crippen molar-refractivity contribution in [3.05, 3.63) is 59.9 Å². The first-order chi connectivity index (χ1) is 10.7. The lowest BCUT2D eigenvalue weighted by molar-refractivity contribution is -0.125. The molecule has 0 saturated carbocycles. The van der Waals surface area contributed by atoms with Crippen LogP contribution in [0.15, 0.2) is 48.5 Å². The number of hydrogen-bond donors (Lipinski definition) is 0. The molecule has 0 fully saturated rings. The molecule has 0 N–H and O–H groups in total. The van der Waals surface area contributed by atoms with Gasteiger partial charge in [-0.3, -0.25) is 4.79 Å². The number of para-hydroxylation sites is 1. The number of ether oxygens (including phenoxy) is 1. The summed E-state index contributed by atoms with van der Waals surface area (Å²) < 4.78 is 18.7. The van der Waals surface area contributed by atoms with Crippen molar-refractivity contribution in [1.29, 1.82) is 0 Å². The van der Waals surface area contributed by atoms with Crippen molar-refractivity contribution in [2.45, 2.75) is 25.9 Å². The van der Waals surface area contributed by atoms with E-state index in [2.05, 4.69) is 0 Å². The van der Waals surface area contributed by atoms with Crippen LogP contribution in [0.25, 0.3) is 0 Å². The Balaban J connectivity index is 1.76. The van der Waals surface area contributed by atoms with Crippen molar-refractivity contribution in [2.75, 3.05) is 11.4 Å². The van der Waals surface area contributed by atoms with E-state index >= 15 is 0 Å². The topological polar surface area (TPSA) is 29.5 Å². The molecule has 1 aliphatic heterocycles. The monoisotopic (exact) mass is 299 g/mol. The van der Waals surface area contributed by atoms with E-state index in [1.54, 1.807) is 17.0 Å². The van der Waals surface area contributed by atoms with E-state index in [0.29, 0.717) is 18.7 Å². The molecule has 0 saturated heterocycles. The molecule has 22 heavy (non-hydrogen) atoms. The summed E-state index contributed by atoms with van der Waals surface area (Å²) in [6, 6.07) is 13.7. The highest BCUT2D eigenvalue weighted by Gasteiger charge is 2.30. The molecule has 4 heteroatoms. The first-order valence-electron chi connectivity index (χ1n) is 7.50. The number of carbonyl (C=O) groups excluding carboxylic acids is 1. The van der Waals surface area contributed by atoms with Gasteiger partial charge in [-0.2, -0.15) is 0 Å². The van der Waals surface area contributed by atoms with Crippen molar-refractivity contribution in [3.63, 3.8) is 0 Å². The van der Waals surface area contributed by atoms with E-state index in [0.717, 1.165) is 12.1 Å². The van der Waals surface area contributed by atoms with E-state index in [1.165, 1.54) is 17.7 Å². The summed E-state index contributed by atoms with van der Waals surface area (Å²) in [5.41, 5.74) is 2.15. The van der Waals surface area contributed by atoms with Crippen molar-refractivity contribution < 1.29 is 13.9 Å². The van der Waals surface area contributed by atoms with Gasteiger partial charge in [-0.25, -0.2) is 4.39 Å². The first kappa shape index (κ1) is 14.6. The van der Waals surface area contributed by atoms with Gasteiger partial charge in [0.2, 0.25) is 0 Å². The van der Waals surface area contributed by atoms with Gasteiger partial charge in [0, 0.05) is 12.2 Å². The molecule has 3 nitrogen and oxygen atoms in total. The Morgan fingerprint density at radius 1 is 1.23 bits per heavy atom. The van der Waals surface area contributed by atoms with Crippen LogP contribution in [0.1, 0.15) is 18.9 Å². The minimum atomic E-state index is -0.559. The van der Waals surface area contributed by atoms with Gasteiger partial charge in [0.05, 0.1) is 0 Å². The lowest BCUT2D eigenvalue weighted by atomic mass is 10.2. The third kappa shape index (κ3) is 2.82. The predicted octanol–water partition coefficient (Wildman–Crippen LogP) is 3.57. The van der Waals surface area contributed by atoms with Crippen LogP contribution < -0.4 is 9.64 Å². The lowest BCUT2D eigenvalue weighted by Gasteiger charge is -2.24. The van der Waals surface area contributed by atoms with Crippen molar-refractivity contribution in [2.24, 2.45) is 0 Å². The molecule has 1 unspecified atom stereocenters. The predicted molar refractivity (Wildman–Crippen MR) is 83.6 cm³/mol. The molecule has 1 aliphatic rings. The molecule has 1 amide bonds. The first-order valence-corrected chi connectivity index (χ1v) is 7.50. The molecule has 2 aromatic rings. The maximum atomic E-state index is 12.9. The number of halogens is 1. The highest BCUT2D eigenvalue weighted by molar-refractivity contribution is 5.98. The second-order valence-corrected chi connectivity index (χ2v) is 5.34. The van der Waals surface area contributed by atoms with E-state index < -0.39 is 6.10 Å². The van der Waals surface area contributed by atoms with Crippen LogP contribution in [0.2, 0.25) is 0 Å².